The molecule has 0 aromatic carbocycles. The van der Waals surface area contributed by atoms with E-state index in [2.05, 4.69) is 10.2 Å². The van der Waals surface area contributed by atoms with Crippen molar-refractivity contribution in [3.05, 3.63) is 17.3 Å². The summed E-state index contributed by atoms with van der Waals surface area (Å²) >= 11 is 0. The van der Waals surface area contributed by atoms with Crippen molar-refractivity contribution in [2.75, 3.05) is 18.8 Å². The highest BCUT2D eigenvalue weighted by Gasteiger charge is 2.40. The maximum Gasteiger partial charge on any atom is 0.228 e. The van der Waals surface area contributed by atoms with Gasteiger partial charge in [0.15, 0.2) is 0 Å². The lowest BCUT2D eigenvalue weighted by molar-refractivity contribution is -0.136. The molecular weight excluding hydrogens is 306 g/mol. The molecule has 4 rings (SSSR count). The average molecular weight is 329 g/mol. The van der Waals surface area contributed by atoms with E-state index < -0.39 is 0 Å². The number of carbonyl (C=O) groups excluding carboxylic acids is 2. The third-order valence-electron chi connectivity index (χ3n) is 5.54. The third-order valence-corrected chi connectivity index (χ3v) is 5.54. The summed E-state index contributed by atoms with van der Waals surface area (Å²) in [4.78, 5) is 29.0. The van der Waals surface area contributed by atoms with Gasteiger partial charge in [-0.1, -0.05) is 12.8 Å². The van der Waals surface area contributed by atoms with Gasteiger partial charge < -0.3 is 15.5 Å². The SMILES string of the molecule is Nc1cc2c(nn1)CCN(C(=O)C1CC(=O)N(C3CCCC3)C1)C2. The summed E-state index contributed by atoms with van der Waals surface area (Å²) in [6, 6.07) is 2.15. The van der Waals surface area contributed by atoms with Crippen LogP contribution in [0.3, 0.4) is 0 Å². The topological polar surface area (TPSA) is 92.4 Å². The number of nitrogens with zero attached hydrogens (tertiary/aromatic N) is 4. The second kappa shape index (κ2) is 6.03. The number of hydrogen-bond acceptors (Lipinski definition) is 5. The van der Waals surface area contributed by atoms with Crippen LogP contribution in [0.1, 0.15) is 43.4 Å². The van der Waals surface area contributed by atoms with Gasteiger partial charge in [-0.05, 0) is 24.5 Å². The summed E-state index contributed by atoms with van der Waals surface area (Å²) in [6.07, 6.45) is 5.61. The monoisotopic (exact) mass is 329 g/mol. The first-order valence-electron chi connectivity index (χ1n) is 8.81. The molecule has 1 aromatic heterocycles. The summed E-state index contributed by atoms with van der Waals surface area (Å²) in [7, 11) is 0. The van der Waals surface area contributed by atoms with E-state index in [0.29, 0.717) is 44.3 Å². The number of nitrogen functional groups attached to an aromatic ring is 1. The van der Waals surface area contributed by atoms with Crippen LogP contribution in [0.5, 0.6) is 0 Å². The molecule has 128 valence electrons. The van der Waals surface area contributed by atoms with Gasteiger partial charge in [-0.2, -0.15) is 5.10 Å². The van der Waals surface area contributed by atoms with Crippen LogP contribution in [0, 0.1) is 5.92 Å². The highest BCUT2D eigenvalue weighted by atomic mass is 16.2. The molecule has 7 heteroatoms. The third kappa shape index (κ3) is 2.72. The molecule has 1 aliphatic carbocycles. The fraction of sp³-hybridized carbons (Fsp3) is 0.647. The van der Waals surface area contributed by atoms with E-state index in [1.165, 1.54) is 12.8 Å². The lowest BCUT2D eigenvalue weighted by Crippen LogP contribution is -2.41. The molecule has 24 heavy (non-hydrogen) atoms. The second-order valence-corrected chi connectivity index (χ2v) is 7.14. The number of hydrogen-bond donors (Lipinski definition) is 1. The Kier molecular flexibility index (Phi) is 3.86. The highest BCUT2D eigenvalue weighted by molar-refractivity contribution is 5.89. The van der Waals surface area contributed by atoms with Crippen molar-refractivity contribution >= 4 is 17.6 Å². The van der Waals surface area contributed by atoms with Gasteiger partial charge in [-0.15, -0.1) is 5.10 Å². The fourth-order valence-electron chi connectivity index (χ4n) is 4.26. The number of aromatic nitrogens is 2. The molecule has 2 aliphatic heterocycles. The first kappa shape index (κ1) is 15.4. The minimum absolute atomic E-state index is 0.0879. The Labute approximate surface area is 141 Å². The number of likely N-dealkylation sites (tertiary alicyclic amines) is 1. The predicted octanol–water partition coefficient (Wildman–Crippen LogP) is 0.735. The van der Waals surface area contributed by atoms with E-state index in [1.54, 1.807) is 6.07 Å². The van der Waals surface area contributed by atoms with Gasteiger partial charge in [0.1, 0.15) is 5.82 Å². The molecule has 1 atom stereocenters. The Hall–Kier alpha value is -2.18. The Morgan fingerprint density at radius 2 is 2.04 bits per heavy atom. The Morgan fingerprint density at radius 1 is 1.25 bits per heavy atom. The van der Waals surface area contributed by atoms with E-state index in [9.17, 15) is 9.59 Å². The van der Waals surface area contributed by atoms with Crippen molar-refractivity contribution in [1.29, 1.82) is 0 Å². The maximum absolute atomic E-state index is 12.9. The number of nitrogens with two attached hydrogens (primary N) is 1. The van der Waals surface area contributed by atoms with Crippen LogP contribution in [0.25, 0.3) is 0 Å². The van der Waals surface area contributed by atoms with Crippen LogP contribution in [-0.4, -0.2) is 50.9 Å². The van der Waals surface area contributed by atoms with Gasteiger partial charge in [-0.25, -0.2) is 0 Å². The van der Waals surface area contributed by atoms with Crippen molar-refractivity contribution in [1.82, 2.24) is 20.0 Å². The molecule has 3 aliphatic rings. The smallest absolute Gasteiger partial charge is 0.228 e. The average Bonchev–Trinajstić information content (AvgIpc) is 3.22. The minimum atomic E-state index is -0.202. The molecule has 0 spiro atoms. The molecule has 1 saturated carbocycles. The molecule has 1 aromatic rings. The molecule has 3 heterocycles. The maximum atomic E-state index is 12.9. The Balaban J connectivity index is 1.44. The number of rotatable bonds is 2. The summed E-state index contributed by atoms with van der Waals surface area (Å²) in [5, 5.41) is 7.99. The van der Waals surface area contributed by atoms with Gasteiger partial charge in [0, 0.05) is 38.5 Å². The number of amides is 2. The zero-order valence-corrected chi connectivity index (χ0v) is 13.8. The van der Waals surface area contributed by atoms with Crippen LogP contribution in [0.4, 0.5) is 5.82 Å². The molecule has 2 fully saturated rings. The van der Waals surface area contributed by atoms with Gasteiger partial charge >= 0.3 is 0 Å². The molecule has 1 saturated heterocycles. The fourth-order valence-corrected chi connectivity index (χ4v) is 4.26. The highest BCUT2D eigenvalue weighted by Crippen LogP contribution is 2.31. The number of carbonyl (C=O) groups is 2. The molecule has 2 N–H and O–H groups in total. The van der Waals surface area contributed by atoms with Gasteiger partial charge in [0.2, 0.25) is 11.8 Å². The van der Waals surface area contributed by atoms with Crippen LogP contribution >= 0.6 is 0 Å². The molecule has 0 radical (unpaired) electrons. The molecule has 1 unspecified atom stereocenters. The predicted molar refractivity (Wildman–Crippen MR) is 87.6 cm³/mol. The summed E-state index contributed by atoms with van der Waals surface area (Å²) in [5.41, 5.74) is 7.59. The van der Waals surface area contributed by atoms with Crippen LogP contribution in [-0.2, 0) is 22.6 Å². The molecule has 2 amide bonds. The Bertz CT molecular complexity index is 671. The summed E-state index contributed by atoms with van der Waals surface area (Å²) < 4.78 is 0. The Morgan fingerprint density at radius 3 is 2.83 bits per heavy atom. The largest absolute Gasteiger partial charge is 0.382 e. The zero-order valence-electron chi connectivity index (χ0n) is 13.8. The second-order valence-electron chi connectivity index (χ2n) is 7.14. The first-order chi connectivity index (χ1) is 11.6. The number of anilines is 1. The van der Waals surface area contributed by atoms with Crippen molar-refractivity contribution < 1.29 is 9.59 Å². The van der Waals surface area contributed by atoms with Crippen LogP contribution in [0.15, 0.2) is 6.07 Å². The van der Waals surface area contributed by atoms with E-state index >= 15 is 0 Å². The normalized spacial score (nSPS) is 24.5. The quantitative estimate of drug-likeness (QED) is 0.864. The molecule has 7 nitrogen and oxygen atoms in total. The van der Waals surface area contributed by atoms with Crippen molar-refractivity contribution in [3.8, 4) is 0 Å². The van der Waals surface area contributed by atoms with Gasteiger partial charge in [-0.3, -0.25) is 9.59 Å². The van der Waals surface area contributed by atoms with E-state index in [-0.39, 0.29) is 17.7 Å². The van der Waals surface area contributed by atoms with Crippen LogP contribution in [0.2, 0.25) is 0 Å². The van der Waals surface area contributed by atoms with E-state index in [0.717, 1.165) is 24.1 Å². The van der Waals surface area contributed by atoms with Crippen molar-refractivity contribution in [3.63, 3.8) is 0 Å². The minimum Gasteiger partial charge on any atom is -0.382 e. The van der Waals surface area contributed by atoms with Gasteiger partial charge in [0.05, 0.1) is 11.6 Å². The molecular formula is C17H23N5O2. The first-order valence-corrected chi connectivity index (χ1v) is 8.81. The van der Waals surface area contributed by atoms with Crippen LogP contribution < -0.4 is 5.73 Å². The number of fused-ring (bicyclic) bond motifs is 1. The lowest BCUT2D eigenvalue weighted by Gasteiger charge is -2.30. The van der Waals surface area contributed by atoms with Crippen molar-refractivity contribution in [2.24, 2.45) is 5.92 Å². The summed E-state index contributed by atoms with van der Waals surface area (Å²) in [5.74, 6) is 0.413. The van der Waals surface area contributed by atoms with E-state index in [1.807, 2.05) is 9.80 Å². The van der Waals surface area contributed by atoms with Gasteiger partial charge in [0.25, 0.3) is 0 Å². The zero-order chi connectivity index (χ0) is 16.7. The van der Waals surface area contributed by atoms with E-state index in [4.69, 9.17) is 5.73 Å². The molecule has 0 bridgehead atoms. The standard InChI is InChI=1S/C17H23N5O2/c18-15-7-11-9-21(6-5-14(11)19-20-15)17(24)12-8-16(23)22(10-12)13-3-1-2-4-13/h7,12-13H,1-6,8-10H2,(H2,18,20). The van der Waals surface area contributed by atoms with Crippen molar-refractivity contribution in [2.45, 2.75) is 51.1 Å². The lowest BCUT2D eigenvalue weighted by atomic mass is 10.0. The summed E-state index contributed by atoms with van der Waals surface area (Å²) in [6.45, 7) is 1.74.